The topological polar surface area (TPSA) is 41.5 Å². The second kappa shape index (κ2) is 7.77. The molecule has 0 aromatic heterocycles. The van der Waals surface area contributed by atoms with Gasteiger partial charge in [-0.05, 0) is 43.4 Å². The van der Waals surface area contributed by atoms with E-state index in [1.54, 1.807) is 7.11 Å². The first kappa shape index (κ1) is 17.2. The van der Waals surface area contributed by atoms with Gasteiger partial charge in [0.05, 0.1) is 12.7 Å². The van der Waals surface area contributed by atoms with Crippen LogP contribution >= 0.6 is 0 Å². The van der Waals surface area contributed by atoms with Crippen LogP contribution in [0.1, 0.15) is 42.2 Å². The zero-order valence-corrected chi connectivity index (χ0v) is 13.7. The summed E-state index contributed by atoms with van der Waals surface area (Å²) in [5, 5.41) is 14.2. The van der Waals surface area contributed by atoms with E-state index in [1.807, 2.05) is 0 Å². The lowest BCUT2D eigenvalue weighted by atomic mass is 9.87. The van der Waals surface area contributed by atoms with Crippen LogP contribution in [0.15, 0.2) is 12.1 Å². The maximum Gasteiger partial charge on any atom is 0.0950 e. The lowest BCUT2D eigenvalue weighted by Crippen LogP contribution is -2.41. The van der Waals surface area contributed by atoms with Crippen molar-refractivity contribution in [2.75, 3.05) is 20.3 Å². The Balaban J connectivity index is 2.97. The number of aryl methyl sites for hydroxylation is 3. The third-order valence-corrected chi connectivity index (χ3v) is 3.78. The molecule has 0 aliphatic carbocycles. The van der Waals surface area contributed by atoms with Gasteiger partial charge in [-0.2, -0.15) is 0 Å². The third-order valence-electron chi connectivity index (χ3n) is 3.78. The average Bonchev–Trinajstić information content (AvgIpc) is 2.32. The average molecular weight is 279 g/mol. The number of ether oxygens (including phenoxy) is 1. The van der Waals surface area contributed by atoms with Gasteiger partial charge in [-0.25, -0.2) is 0 Å². The summed E-state index contributed by atoms with van der Waals surface area (Å²) in [7, 11) is 1.69. The Bertz CT molecular complexity index is 406. The number of nitrogens with one attached hydrogen (secondary N) is 1. The van der Waals surface area contributed by atoms with Gasteiger partial charge in [-0.3, -0.25) is 0 Å². The van der Waals surface area contributed by atoms with Crippen LogP contribution in [0.3, 0.4) is 0 Å². The predicted molar refractivity (Wildman–Crippen MR) is 84.1 cm³/mol. The van der Waals surface area contributed by atoms with E-state index in [-0.39, 0.29) is 6.04 Å². The Kier molecular flexibility index (Phi) is 6.66. The van der Waals surface area contributed by atoms with Crippen molar-refractivity contribution in [3.8, 4) is 0 Å². The molecule has 2 unspecified atom stereocenters. The predicted octanol–water partition coefficient (Wildman–Crippen LogP) is 2.91. The van der Waals surface area contributed by atoms with Crippen molar-refractivity contribution >= 4 is 0 Å². The number of aliphatic hydroxyl groups excluding tert-OH is 1. The van der Waals surface area contributed by atoms with E-state index >= 15 is 0 Å². The first-order chi connectivity index (χ1) is 9.38. The molecule has 0 heterocycles. The molecule has 0 radical (unpaired) electrons. The van der Waals surface area contributed by atoms with Crippen molar-refractivity contribution in [3.05, 3.63) is 34.4 Å². The molecule has 0 saturated carbocycles. The van der Waals surface area contributed by atoms with Crippen LogP contribution in [0.5, 0.6) is 0 Å². The number of aliphatic hydroxyl groups is 1. The quantitative estimate of drug-likeness (QED) is 0.754. The molecule has 0 amide bonds. The van der Waals surface area contributed by atoms with Crippen molar-refractivity contribution in [1.29, 1.82) is 0 Å². The molecule has 0 spiro atoms. The van der Waals surface area contributed by atoms with E-state index in [0.717, 1.165) is 23.2 Å². The summed E-state index contributed by atoms with van der Waals surface area (Å²) in [4.78, 5) is 0. The highest BCUT2D eigenvalue weighted by molar-refractivity contribution is 5.39. The summed E-state index contributed by atoms with van der Waals surface area (Å²) in [6.45, 7) is 11.9. The smallest absolute Gasteiger partial charge is 0.0950 e. The summed E-state index contributed by atoms with van der Waals surface area (Å²) in [6, 6.07) is 4.31. The number of benzene rings is 1. The fourth-order valence-corrected chi connectivity index (χ4v) is 2.88. The zero-order chi connectivity index (χ0) is 15.3. The molecule has 0 fully saturated rings. The van der Waals surface area contributed by atoms with E-state index in [0.29, 0.717) is 12.5 Å². The second-order valence-electron chi connectivity index (χ2n) is 5.97. The van der Waals surface area contributed by atoms with E-state index < -0.39 is 6.10 Å². The molecule has 0 saturated heterocycles. The zero-order valence-electron chi connectivity index (χ0n) is 13.7. The monoisotopic (exact) mass is 279 g/mol. The second-order valence-corrected chi connectivity index (χ2v) is 5.97. The summed E-state index contributed by atoms with van der Waals surface area (Å²) in [5.74, 6) is 0.349. The van der Waals surface area contributed by atoms with Gasteiger partial charge in [0, 0.05) is 19.7 Å². The molecule has 114 valence electrons. The van der Waals surface area contributed by atoms with Gasteiger partial charge in [0.1, 0.15) is 0 Å². The fraction of sp³-hybridized carbons (Fsp3) is 0.647. The molecular weight excluding hydrogens is 250 g/mol. The highest BCUT2D eigenvalue weighted by Gasteiger charge is 2.26. The van der Waals surface area contributed by atoms with Crippen LogP contribution < -0.4 is 5.32 Å². The van der Waals surface area contributed by atoms with Crippen molar-refractivity contribution < 1.29 is 9.84 Å². The van der Waals surface area contributed by atoms with Crippen LogP contribution in [0, 0.1) is 26.7 Å². The molecule has 2 N–H and O–H groups in total. The van der Waals surface area contributed by atoms with Crippen LogP contribution in [0.25, 0.3) is 0 Å². The standard InChI is InChI=1S/C17H29NO2/c1-11(2)16(18-7-8-20-6)17(19)15-13(4)9-12(3)10-14(15)5/h9-11,16-19H,7-8H2,1-6H3. The molecule has 20 heavy (non-hydrogen) atoms. The van der Waals surface area contributed by atoms with E-state index in [9.17, 15) is 5.11 Å². The Hall–Kier alpha value is -0.900. The molecule has 0 aliphatic rings. The third kappa shape index (κ3) is 4.30. The van der Waals surface area contributed by atoms with Crippen LogP contribution in [-0.4, -0.2) is 31.4 Å². The van der Waals surface area contributed by atoms with Crippen LogP contribution in [0.4, 0.5) is 0 Å². The molecule has 1 aromatic rings. The minimum Gasteiger partial charge on any atom is -0.387 e. The fourth-order valence-electron chi connectivity index (χ4n) is 2.88. The lowest BCUT2D eigenvalue weighted by Gasteiger charge is -2.30. The number of hydrogen-bond acceptors (Lipinski definition) is 3. The van der Waals surface area contributed by atoms with Gasteiger partial charge < -0.3 is 15.2 Å². The van der Waals surface area contributed by atoms with E-state index in [2.05, 4.69) is 52.1 Å². The molecule has 3 nitrogen and oxygen atoms in total. The van der Waals surface area contributed by atoms with Crippen molar-refractivity contribution in [1.82, 2.24) is 5.32 Å². The summed E-state index contributed by atoms with van der Waals surface area (Å²) >= 11 is 0. The molecule has 0 bridgehead atoms. The maximum atomic E-state index is 10.8. The highest BCUT2D eigenvalue weighted by Crippen LogP contribution is 2.28. The minimum absolute atomic E-state index is 0.0326. The molecule has 2 atom stereocenters. The van der Waals surface area contributed by atoms with Crippen LogP contribution in [0.2, 0.25) is 0 Å². The highest BCUT2D eigenvalue weighted by atomic mass is 16.5. The van der Waals surface area contributed by atoms with E-state index in [4.69, 9.17) is 4.74 Å². The summed E-state index contributed by atoms with van der Waals surface area (Å²) in [5.41, 5.74) is 4.62. The minimum atomic E-state index is -0.493. The van der Waals surface area contributed by atoms with E-state index in [1.165, 1.54) is 5.56 Å². The van der Waals surface area contributed by atoms with Gasteiger partial charge >= 0.3 is 0 Å². The van der Waals surface area contributed by atoms with Crippen molar-refractivity contribution in [2.24, 2.45) is 5.92 Å². The SMILES string of the molecule is COCCNC(C(C)C)C(O)c1c(C)cc(C)cc1C. The van der Waals surface area contributed by atoms with Crippen LogP contribution in [-0.2, 0) is 4.74 Å². The maximum absolute atomic E-state index is 10.8. The number of rotatable bonds is 7. The van der Waals surface area contributed by atoms with Gasteiger partial charge in [-0.15, -0.1) is 0 Å². The lowest BCUT2D eigenvalue weighted by molar-refractivity contribution is 0.0968. The van der Waals surface area contributed by atoms with Gasteiger partial charge in [0.15, 0.2) is 0 Å². The normalized spacial score (nSPS) is 14.6. The largest absolute Gasteiger partial charge is 0.387 e. The molecule has 1 rings (SSSR count). The first-order valence-electron chi connectivity index (χ1n) is 7.36. The Morgan fingerprint density at radius 3 is 2.15 bits per heavy atom. The Morgan fingerprint density at radius 2 is 1.70 bits per heavy atom. The van der Waals surface area contributed by atoms with Gasteiger partial charge in [0.25, 0.3) is 0 Å². The van der Waals surface area contributed by atoms with Gasteiger partial charge in [-0.1, -0.05) is 31.5 Å². The number of methoxy groups -OCH3 is 1. The first-order valence-corrected chi connectivity index (χ1v) is 7.36. The van der Waals surface area contributed by atoms with Gasteiger partial charge in [0.2, 0.25) is 0 Å². The van der Waals surface area contributed by atoms with Crippen molar-refractivity contribution in [2.45, 2.75) is 46.8 Å². The number of hydrogen-bond donors (Lipinski definition) is 2. The summed E-state index contributed by atoms with van der Waals surface area (Å²) < 4.78 is 5.08. The Labute approximate surface area is 123 Å². The molecule has 0 aliphatic heterocycles. The molecule has 1 aromatic carbocycles. The molecule has 3 heteroatoms. The molecular formula is C17H29NO2. The van der Waals surface area contributed by atoms with Crippen molar-refractivity contribution in [3.63, 3.8) is 0 Å². The summed E-state index contributed by atoms with van der Waals surface area (Å²) in [6.07, 6.45) is -0.493. The Morgan fingerprint density at radius 1 is 1.15 bits per heavy atom.